The van der Waals surface area contributed by atoms with E-state index < -0.39 is 5.91 Å². The molecule has 184 valence electrons. The fraction of sp³-hybridized carbons (Fsp3) is 0.391. The van der Waals surface area contributed by atoms with Gasteiger partial charge in [-0.3, -0.25) is 14.3 Å². The van der Waals surface area contributed by atoms with Crippen LogP contribution in [0.15, 0.2) is 36.7 Å². The van der Waals surface area contributed by atoms with E-state index >= 15 is 0 Å². The van der Waals surface area contributed by atoms with E-state index in [9.17, 15) is 9.59 Å². The Kier molecular flexibility index (Phi) is 6.80. The SMILES string of the molecule is C[C@@H]1[C@H](NC(=O)c2ccc(N(C)C)cc2)CCCN1c1nnc(C(N)=O)c(Nc2cnn(C)c2)n1. The van der Waals surface area contributed by atoms with Crippen LogP contribution in [0.2, 0.25) is 0 Å². The van der Waals surface area contributed by atoms with Gasteiger partial charge in [-0.15, -0.1) is 10.2 Å². The maximum Gasteiger partial charge on any atom is 0.273 e. The van der Waals surface area contributed by atoms with E-state index in [2.05, 4.69) is 30.9 Å². The van der Waals surface area contributed by atoms with Gasteiger partial charge in [-0.1, -0.05) is 0 Å². The maximum atomic E-state index is 12.9. The van der Waals surface area contributed by atoms with Gasteiger partial charge in [0.1, 0.15) is 0 Å². The summed E-state index contributed by atoms with van der Waals surface area (Å²) in [6.45, 7) is 2.70. The molecular weight excluding hydrogens is 448 g/mol. The lowest BCUT2D eigenvalue weighted by Crippen LogP contribution is -2.54. The highest BCUT2D eigenvalue weighted by Gasteiger charge is 2.32. The number of hydrogen-bond donors (Lipinski definition) is 3. The summed E-state index contributed by atoms with van der Waals surface area (Å²) in [6, 6.07) is 7.27. The van der Waals surface area contributed by atoms with Crippen LogP contribution < -0.4 is 26.2 Å². The number of piperidine rings is 1. The van der Waals surface area contributed by atoms with Crippen LogP contribution in [0.3, 0.4) is 0 Å². The minimum absolute atomic E-state index is 0.0618. The van der Waals surface area contributed by atoms with Crippen LogP contribution in [0.5, 0.6) is 0 Å². The molecular formula is C23H30N10O2. The van der Waals surface area contributed by atoms with E-state index in [1.807, 2.05) is 55.1 Å². The number of rotatable bonds is 7. The summed E-state index contributed by atoms with van der Waals surface area (Å²) in [5.74, 6) is -0.311. The van der Waals surface area contributed by atoms with Crippen molar-refractivity contribution in [1.82, 2.24) is 30.3 Å². The smallest absolute Gasteiger partial charge is 0.273 e. The van der Waals surface area contributed by atoms with Gasteiger partial charge in [-0.2, -0.15) is 10.1 Å². The molecule has 2 aromatic heterocycles. The lowest BCUT2D eigenvalue weighted by molar-refractivity contribution is 0.0923. The average molecular weight is 479 g/mol. The molecule has 2 amide bonds. The molecule has 1 fully saturated rings. The number of primary amides is 1. The number of aromatic nitrogens is 5. The van der Waals surface area contributed by atoms with E-state index in [4.69, 9.17) is 5.73 Å². The lowest BCUT2D eigenvalue weighted by Gasteiger charge is -2.39. The Labute approximate surface area is 203 Å². The molecule has 4 rings (SSSR count). The predicted molar refractivity (Wildman–Crippen MR) is 133 cm³/mol. The molecule has 1 aliphatic heterocycles. The normalized spacial score (nSPS) is 17.7. The van der Waals surface area contributed by atoms with Crippen LogP contribution in [-0.4, -0.2) is 69.5 Å². The number of hydrogen-bond acceptors (Lipinski definition) is 9. The van der Waals surface area contributed by atoms with Gasteiger partial charge < -0.3 is 26.2 Å². The van der Waals surface area contributed by atoms with Crippen molar-refractivity contribution in [3.8, 4) is 0 Å². The number of aryl methyl sites for hydroxylation is 1. The first-order valence-electron chi connectivity index (χ1n) is 11.4. The first kappa shape index (κ1) is 23.9. The molecule has 3 aromatic rings. The number of amides is 2. The topological polar surface area (TPSA) is 147 Å². The molecule has 0 unspecified atom stereocenters. The molecule has 0 aliphatic carbocycles. The second kappa shape index (κ2) is 9.95. The monoisotopic (exact) mass is 478 g/mol. The highest BCUT2D eigenvalue weighted by Crippen LogP contribution is 2.25. The van der Waals surface area contributed by atoms with Crippen LogP contribution in [0.1, 0.15) is 40.6 Å². The summed E-state index contributed by atoms with van der Waals surface area (Å²) in [5, 5.41) is 18.5. The molecule has 1 aliphatic rings. The Bertz CT molecular complexity index is 1210. The van der Waals surface area contributed by atoms with Crippen molar-refractivity contribution in [2.75, 3.05) is 35.8 Å². The second-order valence-corrected chi connectivity index (χ2v) is 8.80. The predicted octanol–water partition coefficient (Wildman–Crippen LogP) is 1.30. The van der Waals surface area contributed by atoms with Crippen molar-refractivity contribution in [1.29, 1.82) is 0 Å². The fourth-order valence-corrected chi connectivity index (χ4v) is 4.10. The van der Waals surface area contributed by atoms with Crippen molar-refractivity contribution >= 4 is 35.0 Å². The fourth-order valence-electron chi connectivity index (χ4n) is 4.10. The van der Waals surface area contributed by atoms with Gasteiger partial charge in [-0.05, 0) is 44.0 Å². The molecule has 0 spiro atoms. The molecule has 2 atom stereocenters. The largest absolute Gasteiger partial charge is 0.378 e. The Morgan fingerprint density at radius 2 is 1.91 bits per heavy atom. The third kappa shape index (κ3) is 5.31. The zero-order chi connectivity index (χ0) is 25.1. The Morgan fingerprint density at radius 3 is 2.54 bits per heavy atom. The summed E-state index contributed by atoms with van der Waals surface area (Å²) < 4.78 is 1.62. The van der Waals surface area contributed by atoms with Crippen LogP contribution in [0, 0.1) is 0 Å². The number of nitrogens with two attached hydrogens (primary N) is 1. The Hall–Kier alpha value is -4.22. The molecule has 35 heavy (non-hydrogen) atoms. The van der Waals surface area contributed by atoms with Crippen molar-refractivity contribution in [3.63, 3.8) is 0 Å². The number of carbonyl (C=O) groups is 2. The van der Waals surface area contributed by atoms with E-state index in [-0.39, 0.29) is 29.5 Å². The molecule has 1 saturated heterocycles. The third-order valence-corrected chi connectivity index (χ3v) is 6.08. The number of benzene rings is 1. The summed E-state index contributed by atoms with van der Waals surface area (Å²) >= 11 is 0. The summed E-state index contributed by atoms with van der Waals surface area (Å²) in [7, 11) is 5.69. The minimum Gasteiger partial charge on any atom is -0.378 e. The first-order valence-corrected chi connectivity index (χ1v) is 11.4. The summed E-state index contributed by atoms with van der Waals surface area (Å²) in [4.78, 5) is 33.3. The van der Waals surface area contributed by atoms with Crippen LogP contribution in [0.4, 0.5) is 23.1 Å². The molecule has 0 radical (unpaired) electrons. The average Bonchev–Trinajstić information content (AvgIpc) is 3.24. The quantitative estimate of drug-likeness (QED) is 0.457. The van der Waals surface area contributed by atoms with Crippen LogP contribution >= 0.6 is 0 Å². The summed E-state index contributed by atoms with van der Waals surface area (Å²) in [6.07, 6.45) is 5.01. The van der Waals surface area contributed by atoms with Crippen LogP contribution in [0.25, 0.3) is 0 Å². The standard InChI is InChI=1S/C23H30N10O2/c1-14-18(27-22(35)15-7-9-17(10-8-15)31(2)3)6-5-11-33(14)23-28-21(19(20(24)34)29-30-23)26-16-12-25-32(4)13-16/h7-10,12-14,18H,5-6,11H2,1-4H3,(H2,24,34)(H,27,35)(H,26,28,30)/t14-,18-/m1/s1. The number of carbonyl (C=O) groups excluding carboxylic acids is 2. The lowest BCUT2D eigenvalue weighted by atomic mass is 9.97. The van der Waals surface area contributed by atoms with Crippen molar-refractivity contribution < 1.29 is 9.59 Å². The molecule has 12 nitrogen and oxygen atoms in total. The van der Waals surface area contributed by atoms with E-state index in [1.165, 1.54) is 0 Å². The molecule has 3 heterocycles. The van der Waals surface area contributed by atoms with Gasteiger partial charge in [-0.25, -0.2) is 0 Å². The van der Waals surface area contributed by atoms with Crippen molar-refractivity contribution in [2.45, 2.75) is 31.8 Å². The minimum atomic E-state index is -0.736. The molecule has 0 saturated carbocycles. The van der Waals surface area contributed by atoms with Crippen LogP contribution in [-0.2, 0) is 7.05 Å². The molecule has 1 aromatic carbocycles. The second-order valence-electron chi connectivity index (χ2n) is 8.80. The zero-order valence-corrected chi connectivity index (χ0v) is 20.3. The first-order chi connectivity index (χ1) is 16.7. The van der Waals surface area contributed by atoms with Crippen molar-refractivity contribution in [2.24, 2.45) is 12.8 Å². The summed E-state index contributed by atoms with van der Waals surface area (Å²) in [5.41, 5.74) is 7.69. The van der Waals surface area contributed by atoms with Gasteiger partial charge >= 0.3 is 0 Å². The number of nitrogens with zero attached hydrogens (tertiary/aromatic N) is 7. The zero-order valence-electron chi connectivity index (χ0n) is 20.3. The Morgan fingerprint density at radius 1 is 1.17 bits per heavy atom. The van der Waals surface area contributed by atoms with Gasteiger partial charge in [0, 0.05) is 57.2 Å². The van der Waals surface area contributed by atoms with Gasteiger partial charge in [0.25, 0.3) is 11.8 Å². The third-order valence-electron chi connectivity index (χ3n) is 6.08. The van der Waals surface area contributed by atoms with Crippen molar-refractivity contribution in [3.05, 3.63) is 47.9 Å². The molecule has 12 heteroatoms. The highest BCUT2D eigenvalue weighted by molar-refractivity contribution is 5.96. The molecule has 0 bridgehead atoms. The van der Waals surface area contributed by atoms with Gasteiger partial charge in [0.2, 0.25) is 5.95 Å². The van der Waals surface area contributed by atoms with Gasteiger partial charge in [0.15, 0.2) is 11.5 Å². The maximum absolute atomic E-state index is 12.9. The van der Waals surface area contributed by atoms with E-state index in [0.717, 1.165) is 18.5 Å². The van der Waals surface area contributed by atoms with Gasteiger partial charge in [0.05, 0.1) is 11.9 Å². The number of nitrogens with one attached hydrogen (secondary N) is 2. The number of anilines is 4. The highest BCUT2D eigenvalue weighted by atomic mass is 16.2. The molecule has 4 N–H and O–H groups in total. The van der Waals surface area contributed by atoms with E-state index in [0.29, 0.717) is 23.7 Å². The Balaban J connectivity index is 1.52. The van der Waals surface area contributed by atoms with E-state index in [1.54, 1.807) is 24.1 Å².